The van der Waals surface area contributed by atoms with E-state index in [4.69, 9.17) is 9.47 Å². The van der Waals surface area contributed by atoms with Crippen molar-refractivity contribution in [3.63, 3.8) is 0 Å². The zero-order valence-corrected chi connectivity index (χ0v) is 13.1. The highest BCUT2D eigenvalue weighted by atomic mass is 16.5. The summed E-state index contributed by atoms with van der Waals surface area (Å²) in [6.07, 6.45) is 0. The number of rotatable bonds is 6. The van der Waals surface area contributed by atoms with E-state index in [9.17, 15) is 0 Å². The molecule has 0 unspecified atom stereocenters. The van der Waals surface area contributed by atoms with Gasteiger partial charge in [0.05, 0.1) is 26.9 Å². The summed E-state index contributed by atoms with van der Waals surface area (Å²) in [5.41, 5.74) is 1.36. The van der Waals surface area contributed by atoms with Crippen molar-refractivity contribution in [1.82, 2.24) is 10.6 Å². The summed E-state index contributed by atoms with van der Waals surface area (Å²) in [4.78, 5) is 4.62. The minimum Gasteiger partial charge on any atom is -0.497 e. The molecule has 1 saturated heterocycles. The minimum absolute atomic E-state index is 0.228. The molecular formula is C16H25N3O2. The number of guanidine groups is 1. The number of nitrogens with one attached hydrogen (secondary N) is 2. The van der Waals surface area contributed by atoms with Crippen LogP contribution in [0.3, 0.4) is 0 Å². The van der Waals surface area contributed by atoms with Gasteiger partial charge in [-0.1, -0.05) is 19.1 Å². The third-order valence-electron chi connectivity index (χ3n) is 3.48. The largest absolute Gasteiger partial charge is 0.497 e. The monoisotopic (exact) mass is 291 g/mol. The van der Waals surface area contributed by atoms with Crippen molar-refractivity contribution in [2.75, 3.05) is 33.4 Å². The molecule has 0 aromatic heterocycles. The summed E-state index contributed by atoms with van der Waals surface area (Å²) in [6.45, 7) is 8.25. The predicted octanol–water partition coefficient (Wildman–Crippen LogP) is 1.79. The lowest BCUT2D eigenvalue weighted by Gasteiger charge is -2.38. The molecule has 1 fully saturated rings. The molecule has 0 radical (unpaired) electrons. The minimum atomic E-state index is 0.228. The number of nitrogens with zero attached hydrogens (tertiary/aromatic N) is 1. The highest BCUT2D eigenvalue weighted by Gasteiger charge is 2.33. The number of aliphatic imine (C=N–C) groups is 1. The molecule has 1 aromatic carbocycles. The molecule has 1 aromatic rings. The van der Waals surface area contributed by atoms with Gasteiger partial charge in [-0.25, -0.2) is 4.99 Å². The van der Waals surface area contributed by atoms with Crippen LogP contribution in [-0.4, -0.2) is 39.4 Å². The number of methoxy groups -OCH3 is 1. The van der Waals surface area contributed by atoms with Crippen LogP contribution in [0.5, 0.6) is 5.75 Å². The lowest BCUT2D eigenvalue weighted by Crippen LogP contribution is -2.51. The molecule has 0 amide bonds. The van der Waals surface area contributed by atoms with Crippen molar-refractivity contribution >= 4 is 5.96 Å². The molecule has 0 aliphatic carbocycles. The molecule has 1 heterocycles. The van der Waals surface area contributed by atoms with Crippen LogP contribution >= 0.6 is 0 Å². The van der Waals surface area contributed by atoms with E-state index >= 15 is 0 Å². The lowest BCUT2D eigenvalue weighted by atomic mass is 9.89. The third-order valence-corrected chi connectivity index (χ3v) is 3.48. The Bertz CT molecular complexity index is 484. The first-order valence-electron chi connectivity index (χ1n) is 7.38. The van der Waals surface area contributed by atoms with Crippen LogP contribution in [0.1, 0.15) is 19.4 Å². The number of hydrogen-bond donors (Lipinski definition) is 2. The summed E-state index contributed by atoms with van der Waals surface area (Å²) in [5.74, 6) is 1.70. The second-order valence-electron chi connectivity index (χ2n) is 5.70. The van der Waals surface area contributed by atoms with Crippen LogP contribution in [-0.2, 0) is 11.3 Å². The fraction of sp³-hybridized carbons (Fsp3) is 0.562. The van der Waals surface area contributed by atoms with E-state index in [1.165, 1.54) is 0 Å². The van der Waals surface area contributed by atoms with Gasteiger partial charge in [-0.2, -0.15) is 0 Å². The normalized spacial score (nSPS) is 17.0. The van der Waals surface area contributed by atoms with Crippen LogP contribution in [0.25, 0.3) is 0 Å². The average Bonchev–Trinajstić information content (AvgIpc) is 2.48. The fourth-order valence-electron chi connectivity index (χ4n) is 2.13. The number of ether oxygens (including phenoxy) is 2. The standard InChI is InChI=1S/C16H25N3O2/c1-4-17-15(19-10-16(2)11-21-12-16)18-9-13-6-5-7-14(8-13)20-3/h5-8H,4,9-12H2,1-3H3,(H2,17,18,19). The molecule has 1 aliphatic rings. The Labute approximate surface area is 126 Å². The Morgan fingerprint density at radius 3 is 2.81 bits per heavy atom. The van der Waals surface area contributed by atoms with Gasteiger partial charge in [-0.3, -0.25) is 0 Å². The maximum Gasteiger partial charge on any atom is 0.191 e. The van der Waals surface area contributed by atoms with Crippen molar-refractivity contribution in [3.8, 4) is 5.75 Å². The summed E-state index contributed by atoms with van der Waals surface area (Å²) < 4.78 is 10.5. The van der Waals surface area contributed by atoms with Crippen LogP contribution in [0.15, 0.2) is 29.3 Å². The van der Waals surface area contributed by atoms with E-state index in [0.717, 1.165) is 43.6 Å². The Balaban J connectivity index is 1.92. The van der Waals surface area contributed by atoms with Crippen molar-refractivity contribution in [1.29, 1.82) is 0 Å². The molecule has 5 heteroatoms. The van der Waals surface area contributed by atoms with E-state index < -0.39 is 0 Å². The van der Waals surface area contributed by atoms with Gasteiger partial charge in [0, 0.05) is 18.5 Å². The predicted molar refractivity (Wildman–Crippen MR) is 84.7 cm³/mol. The molecule has 0 atom stereocenters. The second-order valence-corrected chi connectivity index (χ2v) is 5.70. The summed E-state index contributed by atoms with van der Waals surface area (Å²) in [7, 11) is 1.68. The molecule has 116 valence electrons. The van der Waals surface area contributed by atoms with Gasteiger partial charge in [-0.15, -0.1) is 0 Å². The van der Waals surface area contributed by atoms with E-state index in [2.05, 4.69) is 35.5 Å². The maximum absolute atomic E-state index is 5.27. The molecule has 2 N–H and O–H groups in total. The maximum atomic E-state index is 5.27. The van der Waals surface area contributed by atoms with Gasteiger partial charge in [-0.05, 0) is 24.6 Å². The Kier molecular flexibility index (Phi) is 5.44. The van der Waals surface area contributed by atoms with Crippen LogP contribution in [0, 0.1) is 5.41 Å². The van der Waals surface area contributed by atoms with E-state index in [0.29, 0.717) is 6.54 Å². The zero-order chi connectivity index (χ0) is 15.1. The molecule has 0 spiro atoms. The molecule has 5 nitrogen and oxygen atoms in total. The van der Waals surface area contributed by atoms with Crippen LogP contribution < -0.4 is 15.4 Å². The first-order valence-corrected chi connectivity index (χ1v) is 7.38. The number of hydrogen-bond acceptors (Lipinski definition) is 3. The Hall–Kier alpha value is -1.75. The molecule has 0 bridgehead atoms. The second kappa shape index (κ2) is 7.31. The molecule has 1 aliphatic heterocycles. The van der Waals surface area contributed by atoms with E-state index in [-0.39, 0.29) is 5.41 Å². The van der Waals surface area contributed by atoms with Crippen LogP contribution in [0.2, 0.25) is 0 Å². The van der Waals surface area contributed by atoms with E-state index in [1.54, 1.807) is 7.11 Å². The molecule has 2 rings (SSSR count). The number of benzene rings is 1. The summed E-state index contributed by atoms with van der Waals surface area (Å²) >= 11 is 0. The SMILES string of the molecule is CCNC(=NCc1cccc(OC)c1)NCC1(C)COC1. The molecule has 21 heavy (non-hydrogen) atoms. The van der Waals surface area contributed by atoms with Gasteiger partial charge < -0.3 is 20.1 Å². The highest BCUT2D eigenvalue weighted by Crippen LogP contribution is 2.24. The van der Waals surface area contributed by atoms with Gasteiger partial charge >= 0.3 is 0 Å². The summed E-state index contributed by atoms with van der Waals surface area (Å²) in [5, 5.41) is 6.66. The smallest absolute Gasteiger partial charge is 0.191 e. The Morgan fingerprint density at radius 2 is 2.19 bits per heavy atom. The molecule has 0 saturated carbocycles. The zero-order valence-electron chi connectivity index (χ0n) is 13.1. The Morgan fingerprint density at radius 1 is 1.38 bits per heavy atom. The first kappa shape index (κ1) is 15.6. The van der Waals surface area contributed by atoms with Gasteiger partial charge in [0.25, 0.3) is 0 Å². The average molecular weight is 291 g/mol. The third kappa shape index (κ3) is 4.63. The highest BCUT2D eigenvalue weighted by molar-refractivity contribution is 5.79. The van der Waals surface area contributed by atoms with E-state index in [1.807, 2.05) is 18.2 Å². The lowest BCUT2D eigenvalue weighted by molar-refractivity contribution is -0.0971. The van der Waals surface area contributed by atoms with Crippen molar-refractivity contribution in [2.45, 2.75) is 20.4 Å². The van der Waals surface area contributed by atoms with Crippen molar-refractivity contribution in [3.05, 3.63) is 29.8 Å². The molecular weight excluding hydrogens is 266 g/mol. The first-order chi connectivity index (χ1) is 10.1. The van der Waals surface area contributed by atoms with Crippen molar-refractivity contribution < 1.29 is 9.47 Å². The van der Waals surface area contributed by atoms with Gasteiger partial charge in [0.1, 0.15) is 5.75 Å². The van der Waals surface area contributed by atoms with Gasteiger partial charge in [0.2, 0.25) is 0 Å². The quantitative estimate of drug-likeness (QED) is 0.620. The summed E-state index contributed by atoms with van der Waals surface area (Å²) in [6, 6.07) is 7.98. The fourth-order valence-corrected chi connectivity index (χ4v) is 2.13. The topological polar surface area (TPSA) is 54.9 Å². The van der Waals surface area contributed by atoms with Crippen LogP contribution in [0.4, 0.5) is 0 Å². The van der Waals surface area contributed by atoms with Gasteiger partial charge in [0.15, 0.2) is 5.96 Å². The van der Waals surface area contributed by atoms with Crippen molar-refractivity contribution in [2.24, 2.45) is 10.4 Å².